The van der Waals surface area contributed by atoms with Gasteiger partial charge in [0, 0.05) is 16.4 Å². The SMILES string of the molecule is C[C@@H](CC(Cl)(Cl)Cl)SSC(C)(C)C. The standard InChI is InChI=1S/C8H15Cl3S2/c1-6(5-8(9,10)11)12-13-7(2,3)4/h6H,5H2,1-4H3/t6-/m0/s1. The first-order valence-electron chi connectivity index (χ1n) is 4.01. The number of rotatable bonds is 3. The van der Waals surface area contributed by atoms with Gasteiger partial charge in [-0.15, -0.1) is 0 Å². The smallest absolute Gasteiger partial charge is 0.0903 e. The molecule has 0 nitrogen and oxygen atoms in total. The quantitative estimate of drug-likeness (QED) is 0.507. The molecule has 0 aromatic heterocycles. The Morgan fingerprint density at radius 3 is 1.92 bits per heavy atom. The van der Waals surface area contributed by atoms with Gasteiger partial charge in [0.25, 0.3) is 0 Å². The summed E-state index contributed by atoms with van der Waals surface area (Å²) in [6.45, 7) is 8.59. The number of alkyl halides is 3. The first-order chi connectivity index (χ1) is 5.60. The van der Waals surface area contributed by atoms with Crippen molar-refractivity contribution < 1.29 is 0 Å². The third kappa shape index (κ3) is 11.5. The summed E-state index contributed by atoms with van der Waals surface area (Å²) in [7, 11) is 3.60. The maximum absolute atomic E-state index is 5.69. The van der Waals surface area contributed by atoms with Crippen LogP contribution in [0.15, 0.2) is 0 Å². The Hall–Kier alpha value is 1.57. The third-order valence-corrected chi connectivity index (χ3v) is 5.31. The van der Waals surface area contributed by atoms with Crippen molar-refractivity contribution in [2.45, 2.75) is 47.9 Å². The predicted octanol–water partition coefficient (Wildman–Crippen LogP) is 5.32. The van der Waals surface area contributed by atoms with Crippen LogP contribution in [0.4, 0.5) is 0 Å². The molecular formula is C8H15Cl3S2. The minimum atomic E-state index is -1.12. The molecule has 0 aliphatic heterocycles. The van der Waals surface area contributed by atoms with Gasteiger partial charge in [-0.3, -0.25) is 0 Å². The van der Waals surface area contributed by atoms with Crippen LogP contribution in [0.5, 0.6) is 0 Å². The highest BCUT2D eigenvalue weighted by Crippen LogP contribution is 2.42. The summed E-state index contributed by atoms with van der Waals surface area (Å²) >= 11 is 17.1. The van der Waals surface area contributed by atoms with Gasteiger partial charge in [0.1, 0.15) is 0 Å². The van der Waals surface area contributed by atoms with Crippen LogP contribution in [0.25, 0.3) is 0 Å². The van der Waals surface area contributed by atoms with E-state index < -0.39 is 3.79 Å². The van der Waals surface area contributed by atoms with Crippen molar-refractivity contribution in [3.63, 3.8) is 0 Å². The molecule has 80 valence electrons. The third-order valence-electron chi connectivity index (χ3n) is 0.981. The minimum Gasteiger partial charge on any atom is -0.0903 e. The monoisotopic (exact) mass is 280 g/mol. The average molecular weight is 282 g/mol. The summed E-state index contributed by atoms with van der Waals surface area (Å²) in [5, 5.41) is 0.358. The van der Waals surface area contributed by atoms with Crippen molar-refractivity contribution in [2.24, 2.45) is 0 Å². The van der Waals surface area contributed by atoms with Crippen LogP contribution in [-0.2, 0) is 0 Å². The van der Waals surface area contributed by atoms with Crippen LogP contribution in [-0.4, -0.2) is 13.8 Å². The van der Waals surface area contributed by atoms with Crippen molar-refractivity contribution in [1.82, 2.24) is 0 Å². The van der Waals surface area contributed by atoms with Gasteiger partial charge in [0.15, 0.2) is 3.79 Å². The van der Waals surface area contributed by atoms with Gasteiger partial charge in [-0.05, 0) is 0 Å². The predicted molar refractivity (Wildman–Crippen MR) is 69.3 cm³/mol. The van der Waals surface area contributed by atoms with Crippen LogP contribution in [0.2, 0.25) is 0 Å². The molecule has 13 heavy (non-hydrogen) atoms. The van der Waals surface area contributed by atoms with E-state index in [4.69, 9.17) is 34.8 Å². The summed E-state index contributed by atoms with van der Waals surface area (Å²) in [5.74, 6) is 0. The summed E-state index contributed by atoms with van der Waals surface area (Å²) < 4.78 is -0.864. The molecule has 1 atom stereocenters. The van der Waals surface area contributed by atoms with Gasteiger partial charge >= 0.3 is 0 Å². The Morgan fingerprint density at radius 2 is 1.62 bits per heavy atom. The van der Waals surface area contributed by atoms with Gasteiger partial charge in [0.05, 0.1) is 0 Å². The fourth-order valence-corrected chi connectivity index (χ4v) is 3.89. The highest BCUT2D eigenvalue weighted by Gasteiger charge is 2.24. The molecule has 0 bridgehead atoms. The van der Waals surface area contributed by atoms with Gasteiger partial charge in [-0.2, -0.15) is 0 Å². The largest absolute Gasteiger partial charge is 0.191 e. The second-order valence-corrected chi connectivity index (χ2v) is 9.90. The maximum Gasteiger partial charge on any atom is 0.191 e. The van der Waals surface area contributed by atoms with Gasteiger partial charge in [0.2, 0.25) is 0 Å². The molecule has 5 heteroatoms. The summed E-state index contributed by atoms with van der Waals surface area (Å²) in [5.41, 5.74) is 0. The summed E-state index contributed by atoms with van der Waals surface area (Å²) in [4.78, 5) is 0. The van der Waals surface area contributed by atoms with Gasteiger partial charge in [-0.25, -0.2) is 0 Å². The lowest BCUT2D eigenvalue weighted by molar-refractivity contribution is 0.808. The lowest BCUT2D eigenvalue weighted by Crippen LogP contribution is -2.12. The lowest BCUT2D eigenvalue weighted by Gasteiger charge is -2.21. The fourth-order valence-electron chi connectivity index (χ4n) is 0.586. The zero-order valence-corrected chi connectivity index (χ0v) is 12.1. The minimum absolute atomic E-state index is 0.256. The van der Waals surface area contributed by atoms with E-state index in [0.29, 0.717) is 11.7 Å². The normalized spacial score (nSPS) is 15.9. The zero-order chi connectivity index (χ0) is 10.7. The Labute approximate surface area is 104 Å². The number of halogens is 3. The molecule has 0 N–H and O–H groups in total. The Kier molecular flexibility index (Phi) is 6.27. The van der Waals surface area contributed by atoms with Crippen LogP contribution >= 0.6 is 56.4 Å². The van der Waals surface area contributed by atoms with E-state index in [1.807, 2.05) is 10.8 Å². The van der Waals surface area contributed by atoms with E-state index >= 15 is 0 Å². The molecule has 0 saturated carbocycles. The molecule has 0 saturated heterocycles. The van der Waals surface area contributed by atoms with E-state index in [2.05, 4.69) is 27.7 Å². The second kappa shape index (κ2) is 5.60. The molecule has 0 fully saturated rings. The van der Waals surface area contributed by atoms with Crippen molar-refractivity contribution >= 4 is 56.4 Å². The second-order valence-electron chi connectivity index (χ2n) is 3.92. The van der Waals surface area contributed by atoms with Crippen molar-refractivity contribution in [3.8, 4) is 0 Å². The topological polar surface area (TPSA) is 0 Å². The van der Waals surface area contributed by atoms with E-state index in [0.717, 1.165) is 0 Å². The van der Waals surface area contributed by atoms with Gasteiger partial charge < -0.3 is 0 Å². The Balaban J connectivity index is 3.70. The summed E-state index contributed by atoms with van der Waals surface area (Å²) in [6.07, 6.45) is 0.589. The van der Waals surface area contributed by atoms with Crippen LogP contribution < -0.4 is 0 Å². The van der Waals surface area contributed by atoms with Crippen molar-refractivity contribution in [2.75, 3.05) is 0 Å². The molecule has 0 radical (unpaired) electrons. The lowest BCUT2D eigenvalue weighted by atomic mass is 10.3. The van der Waals surface area contributed by atoms with Crippen LogP contribution in [0.1, 0.15) is 34.1 Å². The highest BCUT2D eigenvalue weighted by atomic mass is 35.6. The summed E-state index contributed by atoms with van der Waals surface area (Å²) in [6, 6.07) is 0. The first kappa shape index (κ1) is 14.6. The molecular weight excluding hydrogens is 267 g/mol. The maximum atomic E-state index is 5.69. The Morgan fingerprint density at radius 1 is 1.15 bits per heavy atom. The van der Waals surface area contributed by atoms with Crippen LogP contribution in [0, 0.1) is 0 Å². The average Bonchev–Trinajstić information content (AvgIpc) is 1.78. The highest BCUT2D eigenvalue weighted by molar-refractivity contribution is 8.77. The van der Waals surface area contributed by atoms with E-state index in [1.54, 1.807) is 10.8 Å². The number of hydrogen-bond donors (Lipinski definition) is 0. The molecule has 0 heterocycles. The molecule has 0 amide bonds. The van der Waals surface area contributed by atoms with E-state index in [1.165, 1.54) is 0 Å². The van der Waals surface area contributed by atoms with Crippen molar-refractivity contribution in [1.29, 1.82) is 0 Å². The van der Waals surface area contributed by atoms with E-state index in [-0.39, 0.29) is 4.75 Å². The zero-order valence-electron chi connectivity index (χ0n) is 8.23. The van der Waals surface area contributed by atoms with Gasteiger partial charge in [-0.1, -0.05) is 84.1 Å². The number of hydrogen-bond acceptors (Lipinski definition) is 2. The Bertz CT molecular complexity index is 148. The molecule has 0 rings (SSSR count). The molecule has 0 aromatic carbocycles. The molecule has 0 aliphatic rings. The molecule has 0 unspecified atom stereocenters. The molecule has 0 spiro atoms. The first-order valence-corrected chi connectivity index (χ1v) is 7.36. The van der Waals surface area contributed by atoms with Crippen molar-refractivity contribution in [3.05, 3.63) is 0 Å². The molecule has 0 aliphatic carbocycles. The molecule has 0 aromatic rings. The van der Waals surface area contributed by atoms with E-state index in [9.17, 15) is 0 Å². The fraction of sp³-hybridized carbons (Fsp3) is 1.00. The van der Waals surface area contributed by atoms with Crippen LogP contribution in [0.3, 0.4) is 0 Å².